The molecule has 3 rings (SSSR count). The molecule has 9 heteroatoms. The van der Waals surface area contributed by atoms with Crippen LogP contribution in [0.4, 0.5) is 13.2 Å². The maximum absolute atomic E-state index is 13.1. The van der Waals surface area contributed by atoms with Gasteiger partial charge < -0.3 is 9.64 Å². The molecule has 1 N–H and O–H groups in total. The molecule has 0 radical (unpaired) electrons. The lowest BCUT2D eigenvalue weighted by Gasteiger charge is -2.43. The van der Waals surface area contributed by atoms with Gasteiger partial charge in [0.05, 0.1) is 17.7 Å². The van der Waals surface area contributed by atoms with E-state index in [0.29, 0.717) is 11.0 Å². The monoisotopic (exact) mass is 342 g/mol. The Balaban J connectivity index is 1.90. The van der Waals surface area contributed by atoms with Crippen LogP contribution >= 0.6 is 0 Å². The standard InChI is InChI=1S/C15H17F3N4O2/c1-8-10-4-9(5-19-12(10)21-20-8)13(23)22-6-11(15(16,17)18)24-14(2,3)7-22/h4-5,11H,6-7H2,1-3H3,(H,19,20,21). The second-order valence-electron chi connectivity index (χ2n) is 6.54. The number of amides is 1. The van der Waals surface area contributed by atoms with Crippen LogP contribution in [-0.2, 0) is 4.74 Å². The fraction of sp³-hybridized carbons (Fsp3) is 0.533. The van der Waals surface area contributed by atoms with Crippen molar-refractivity contribution >= 4 is 16.9 Å². The highest BCUT2D eigenvalue weighted by molar-refractivity contribution is 5.97. The van der Waals surface area contributed by atoms with Crippen LogP contribution in [0.2, 0.25) is 0 Å². The third kappa shape index (κ3) is 3.08. The number of pyridine rings is 1. The maximum atomic E-state index is 13.1. The number of nitrogens with zero attached hydrogens (tertiary/aromatic N) is 3. The number of aromatic amines is 1. The van der Waals surface area contributed by atoms with E-state index < -0.39 is 30.3 Å². The van der Waals surface area contributed by atoms with E-state index in [4.69, 9.17) is 4.74 Å². The molecule has 2 aromatic heterocycles. The molecular formula is C15H17F3N4O2. The van der Waals surface area contributed by atoms with Gasteiger partial charge in [0.15, 0.2) is 11.8 Å². The van der Waals surface area contributed by atoms with Crippen LogP contribution < -0.4 is 0 Å². The molecule has 2 aromatic rings. The largest absolute Gasteiger partial charge is 0.416 e. The van der Waals surface area contributed by atoms with Crippen LogP contribution in [0.5, 0.6) is 0 Å². The minimum atomic E-state index is -4.53. The number of H-pyrrole nitrogens is 1. The molecule has 0 aliphatic carbocycles. The topological polar surface area (TPSA) is 71.1 Å². The number of ether oxygens (including phenoxy) is 1. The van der Waals surface area contributed by atoms with E-state index in [1.807, 2.05) is 0 Å². The third-order valence-electron chi connectivity index (χ3n) is 3.92. The number of hydrogen-bond donors (Lipinski definition) is 1. The van der Waals surface area contributed by atoms with Gasteiger partial charge in [-0.15, -0.1) is 0 Å². The van der Waals surface area contributed by atoms with Crippen molar-refractivity contribution in [2.45, 2.75) is 38.7 Å². The number of aromatic nitrogens is 3. The smallest absolute Gasteiger partial charge is 0.359 e. The molecule has 0 bridgehead atoms. The molecule has 0 spiro atoms. The molecule has 1 fully saturated rings. The van der Waals surface area contributed by atoms with Gasteiger partial charge in [-0.3, -0.25) is 9.89 Å². The Labute approximate surface area is 136 Å². The van der Waals surface area contributed by atoms with Crippen molar-refractivity contribution in [3.8, 4) is 0 Å². The van der Waals surface area contributed by atoms with E-state index in [0.717, 1.165) is 5.69 Å². The van der Waals surface area contributed by atoms with E-state index in [-0.39, 0.29) is 12.1 Å². The summed E-state index contributed by atoms with van der Waals surface area (Å²) in [5, 5.41) is 7.39. The Kier molecular flexibility index (Phi) is 3.78. The number of carbonyl (C=O) groups is 1. The van der Waals surface area contributed by atoms with Crippen LogP contribution in [0, 0.1) is 6.92 Å². The molecule has 0 aromatic carbocycles. The number of halogens is 3. The molecule has 1 amide bonds. The first-order valence-corrected chi connectivity index (χ1v) is 7.41. The predicted octanol–water partition coefficient (Wildman–Crippen LogP) is 2.45. The molecule has 0 saturated carbocycles. The van der Waals surface area contributed by atoms with Crippen molar-refractivity contribution in [2.75, 3.05) is 13.1 Å². The van der Waals surface area contributed by atoms with Crippen LogP contribution in [0.15, 0.2) is 12.3 Å². The molecule has 1 aliphatic rings. The average Bonchev–Trinajstić information content (AvgIpc) is 2.85. The summed E-state index contributed by atoms with van der Waals surface area (Å²) in [5.41, 5.74) is 0.338. The first-order valence-electron chi connectivity index (χ1n) is 7.41. The zero-order valence-corrected chi connectivity index (χ0v) is 13.4. The van der Waals surface area contributed by atoms with Gasteiger partial charge in [0.25, 0.3) is 5.91 Å². The molecule has 6 nitrogen and oxygen atoms in total. The second kappa shape index (κ2) is 5.44. The van der Waals surface area contributed by atoms with Crippen molar-refractivity contribution in [3.05, 3.63) is 23.5 Å². The highest BCUT2D eigenvalue weighted by Gasteiger charge is 2.49. The summed E-state index contributed by atoms with van der Waals surface area (Å²) in [6.07, 6.45) is -5.20. The fourth-order valence-electron chi connectivity index (χ4n) is 2.83. The van der Waals surface area contributed by atoms with Crippen molar-refractivity contribution in [1.29, 1.82) is 0 Å². The van der Waals surface area contributed by atoms with Crippen LogP contribution in [0.25, 0.3) is 11.0 Å². The SMILES string of the molecule is Cc1[nH]nc2ncc(C(=O)N3CC(C(F)(F)F)OC(C)(C)C3)cc12. The van der Waals surface area contributed by atoms with Gasteiger partial charge in [-0.1, -0.05) is 0 Å². The van der Waals surface area contributed by atoms with Gasteiger partial charge in [0, 0.05) is 23.8 Å². The van der Waals surface area contributed by atoms with Gasteiger partial charge >= 0.3 is 6.18 Å². The van der Waals surface area contributed by atoms with Crippen molar-refractivity contribution in [1.82, 2.24) is 20.1 Å². The van der Waals surface area contributed by atoms with Gasteiger partial charge in [-0.2, -0.15) is 18.3 Å². The summed E-state index contributed by atoms with van der Waals surface area (Å²) in [7, 11) is 0. The minimum absolute atomic E-state index is 0.0703. The number of aryl methyl sites for hydroxylation is 1. The Morgan fingerprint density at radius 2 is 2.17 bits per heavy atom. The van der Waals surface area contributed by atoms with Crippen LogP contribution in [-0.4, -0.2) is 57.0 Å². The van der Waals surface area contributed by atoms with Gasteiger partial charge in [-0.25, -0.2) is 4.98 Å². The Morgan fingerprint density at radius 1 is 1.46 bits per heavy atom. The van der Waals surface area contributed by atoms with Crippen molar-refractivity contribution in [2.24, 2.45) is 0 Å². The first kappa shape index (κ1) is 16.7. The maximum Gasteiger partial charge on any atom is 0.416 e. The number of fused-ring (bicyclic) bond motifs is 1. The molecule has 130 valence electrons. The lowest BCUT2D eigenvalue weighted by atomic mass is 10.0. The Bertz CT molecular complexity index is 785. The van der Waals surface area contributed by atoms with Crippen LogP contribution in [0.1, 0.15) is 29.9 Å². The average molecular weight is 342 g/mol. The lowest BCUT2D eigenvalue weighted by Crippen LogP contribution is -2.58. The lowest BCUT2D eigenvalue weighted by molar-refractivity contribution is -0.267. The third-order valence-corrected chi connectivity index (χ3v) is 3.92. The predicted molar refractivity (Wildman–Crippen MR) is 79.5 cm³/mol. The van der Waals surface area contributed by atoms with E-state index >= 15 is 0 Å². The summed E-state index contributed by atoms with van der Waals surface area (Å²) in [6.45, 7) is 4.39. The molecule has 1 aliphatic heterocycles. The normalized spacial score (nSPS) is 21.2. The quantitative estimate of drug-likeness (QED) is 0.864. The van der Waals surface area contributed by atoms with E-state index in [1.54, 1.807) is 13.0 Å². The molecule has 3 heterocycles. The number of hydrogen-bond acceptors (Lipinski definition) is 4. The van der Waals surface area contributed by atoms with Crippen molar-refractivity contribution < 1.29 is 22.7 Å². The fourth-order valence-corrected chi connectivity index (χ4v) is 2.83. The molecular weight excluding hydrogens is 325 g/mol. The van der Waals surface area contributed by atoms with Gasteiger partial charge in [0.2, 0.25) is 0 Å². The van der Waals surface area contributed by atoms with E-state index in [2.05, 4.69) is 15.2 Å². The van der Waals surface area contributed by atoms with E-state index in [1.165, 1.54) is 24.9 Å². The molecule has 1 unspecified atom stereocenters. The first-order chi connectivity index (χ1) is 11.1. The Morgan fingerprint density at radius 3 is 2.83 bits per heavy atom. The second-order valence-corrected chi connectivity index (χ2v) is 6.54. The summed E-state index contributed by atoms with van der Waals surface area (Å²) in [6, 6.07) is 1.59. The zero-order valence-electron chi connectivity index (χ0n) is 13.4. The highest BCUT2D eigenvalue weighted by Crippen LogP contribution is 2.32. The number of carbonyl (C=O) groups excluding carboxylic acids is 1. The van der Waals surface area contributed by atoms with Gasteiger partial charge in [0.1, 0.15) is 0 Å². The molecule has 1 saturated heterocycles. The highest BCUT2D eigenvalue weighted by atomic mass is 19.4. The number of nitrogens with one attached hydrogen (secondary N) is 1. The summed E-state index contributed by atoms with van der Waals surface area (Å²) in [4.78, 5) is 17.9. The van der Waals surface area contributed by atoms with Crippen molar-refractivity contribution in [3.63, 3.8) is 0 Å². The number of morpholine rings is 1. The number of alkyl halides is 3. The minimum Gasteiger partial charge on any atom is -0.359 e. The summed E-state index contributed by atoms with van der Waals surface area (Å²) < 4.78 is 44.2. The zero-order chi connectivity index (χ0) is 17.7. The molecule has 24 heavy (non-hydrogen) atoms. The summed E-state index contributed by atoms with van der Waals surface area (Å²) >= 11 is 0. The van der Waals surface area contributed by atoms with E-state index in [9.17, 15) is 18.0 Å². The van der Waals surface area contributed by atoms with Crippen LogP contribution in [0.3, 0.4) is 0 Å². The Hall–Kier alpha value is -2.16. The number of rotatable bonds is 1. The van der Waals surface area contributed by atoms with Gasteiger partial charge in [-0.05, 0) is 26.8 Å². The summed E-state index contributed by atoms with van der Waals surface area (Å²) in [5.74, 6) is -0.504. The molecule has 1 atom stereocenters.